The van der Waals surface area contributed by atoms with E-state index in [1.54, 1.807) is 12.4 Å². The Morgan fingerprint density at radius 3 is 2.77 bits per heavy atom. The van der Waals surface area contributed by atoms with Gasteiger partial charge < -0.3 is 4.90 Å². The molecular weight excluding hydrogens is 276 g/mol. The maximum Gasteiger partial charge on any atom is 0.256 e. The van der Waals surface area contributed by atoms with Gasteiger partial charge in [0.1, 0.15) is 5.52 Å². The van der Waals surface area contributed by atoms with Crippen LogP contribution in [0.5, 0.6) is 0 Å². The number of aromatic nitrogens is 2. The van der Waals surface area contributed by atoms with Crippen molar-refractivity contribution in [1.82, 2.24) is 19.8 Å². The molecule has 1 aromatic heterocycles. The van der Waals surface area contributed by atoms with E-state index in [2.05, 4.69) is 21.8 Å². The van der Waals surface area contributed by atoms with Gasteiger partial charge in [-0.05, 0) is 31.9 Å². The smallest absolute Gasteiger partial charge is 0.256 e. The second kappa shape index (κ2) is 5.32. The third-order valence-electron chi connectivity index (χ3n) is 4.71. The van der Waals surface area contributed by atoms with E-state index >= 15 is 0 Å². The van der Waals surface area contributed by atoms with Crippen LogP contribution >= 0.6 is 0 Å². The summed E-state index contributed by atoms with van der Waals surface area (Å²) < 4.78 is 0. The lowest BCUT2D eigenvalue weighted by atomic mass is 10.1. The van der Waals surface area contributed by atoms with Gasteiger partial charge in [0, 0.05) is 44.1 Å². The van der Waals surface area contributed by atoms with E-state index in [1.165, 1.54) is 12.8 Å². The first-order valence-electron chi connectivity index (χ1n) is 7.99. The van der Waals surface area contributed by atoms with Gasteiger partial charge in [0.25, 0.3) is 5.91 Å². The molecule has 0 radical (unpaired) electrons. The first kappa shape index (κ1) is 13.6. The lowest BCUT2D eigenvalue weighted by Crippen LogP contribution is -2.54. The van der Waals surface area contributed by atoms with Crippen LogP contribution in [0.15, 0.2) is 30.6 Å². The van der Waals surface area contributed by atoms with Crippen LogP contribution in [0.4, 0.5) is 0 Å². The molecule has 2 heterocycles. The highest BCUT2D eigenvalue weighted by Crippen LogP contribution is 2.29. The van der Waals surface area contributed by atoms with Gasteiger partial charge in [-0.1, -0.05) is 6.07 Å². The summed E-state index contributed by atoms with van der Waals surface area (Å²) in [5.41, 5.74) is 2.14. The molecule has 5 heteroatoms. The minimum atomic E-state index is 0.0778. The molecular formula is C17H20N4O. The first-order chi connectivity index (χ1) is 10.7. The van der Waals surface area contributed by atoms with Crippen molar-refractivity contribution < 1.29 is 4.79 Å². The van der Waals surface area contributed by atoms with Crippen molar-refractivity contribution in [2.24, 2.45) is 0 Å². The standard InChI is InChI=1S/C17H20N4O/c1-12-11-20(13-5-6-13)9-10-21(12)17(22)14-3-2-4-15-16(14)19-8-7-18-15/h2-4,7-8,12-13H,5-6,9-11H2,1H3. The number of rotatable bonds is 2. The third-order valence-corrected chi connectivity index (χ3v) is 4.71. The van der Waals surface area contributed by atoms with Crippen LogP contribution in [-0.2, 0) is 0 Å². The van der Waals surface area contributed by atoms with E-state index in [-0.39, 0.29) is 11.9 Å². The first-order valence-corrected chi connectivity index (χ1v) is 7.99. The van der Waals surface area contributed by atoms with Crippen LogP contribution in [0.25, 0.3) is 11.0 Å². The van der Waals surface area contributed by atoms with E-state index < -0.39 is 0 Å². The molecule has 2 fully saturated rings. The van der Waals surface area contributed by atoms with Gasteiger partial charge in [0.05, 0.1) is 11.1 Å². The summed E-state index contributed by atoms with van der Waals surface area (Å²) >= 11 is 0. The Kier molecular flexibility index (Phi) is 3.30. The normalized spacial score (nSPS) is 23.0. The number of hydrogen-bond donors (Lipinski definition) is 0. The number of nitrogens with zero attached hydrogens (tertiary/aromatic N) is 4. The predicted molar refractivity (Wildman–Crippen MR) is 84.6 cm³/mol. The van der Waals surface area contributed by atoms with E-state index in [1.807, 2.05) is 23.1 Å². The van der Waals surface area contributed by atoms with Gasteiger partial charge >= 0.3 is 0 Å². The minimum Gasteiger partial charge on any atom is -0.333 e. The fourth-order valence-electron chi connectivity index (χ4n) is 3.38. The zero-order valence-corrected chi connectivity index (χ0v) is 12.8. The number of piperazine rings is 1. The Balaban J connectivity index is 1.60. The van der Waals surface area contributed by atoms with Crippen molar-refractivity contribution in [2.45, 2.75) is 31.8 Å². The van der Waals surface area contributed by atoms with E-state index in [0.717, 1.165) is 31.2 Å². The molecule has 2 aliphatic rings. The Hall–Kier alpha value is -2.01. The number of carbonyl (C=O) groups excluding carboxylic acids is 1. The molecule has 0 bridgehead atoms. The summed E-state index contributed by atoms with van der Waals surface area (Å²) in [4.78, 5) is 26.1. The third kappa shape index (κ3) is 2.35. The fourth-order valence-corrected chi connectivity index (χ4v) is 3.38. The average molecular weight is 296 g/mol. The molecule has 1 saturated heterocycles. The van der Waals surface area contributed by atoms with E-state index in [4.69, 9.17) is 0 Å². The summed E-state index contributed by atoms with van der Waals surface area (Å²) in [6.07, 6.45) is 5.94. The van der Waals surface area contributed by atoms with E-state index in [9.17, 15) is 4.79 Å². The molecule has 4 rings (SSSR count). The number of benzene rings is 1. The molecule has 1 unspecified atom stereocenters. The number of amides is 1. The molecule has 22 heavy (non-hydrogen) atoms. The molecule has 1 aliphatic heterocycles. The van der Waals surface area contributed by atoms with Crippen molar-refractivity contribution in [3.63, 3.8) is 0 Å². The monoisotopic (exact) mass is 296 g/mol. The Bertz CT molecular complexity index is 707. The van der Waals surface area contributed by atoms with Gasteiger partial charge in [-0.25, -0.2) is 0 Å². The largest absolute Gasteiger partial charge is 0.333 e. The SMILES string of the molecule is CC1CN(C2CC2)CCN1C(=O)c1cccc2nccnc12. The van der Waals surface area contributed by atoms with Crippen molar-refractivity contribution in [1.29, 1.82) is 0 Å². The van der Waals surface area contributed by atoms with Crippen LogP contribution in [0.1, 0.15) is 30.1 Å². The number of fused-ring (bicyclic) bond motifs is 1. The summed E-state index contributed by atoms with van der Waals surface area (Å²) in [5.74, 6) is 0.0778. The molecule has 1 aliphatic carbocycles. The van der Waals surface area contributed by atoms with Crippen LogP contribution in [-0.4, -0.2) is 57.4 Å². The molecule has 114 valence electrons. The Labute approximate surface area is 130 Å². The van der Waals surface area contributed by atoms with Gasteiger partial charge in [0.15, 0.2) is 0 Å². The van der Waals surface area contributed by atoms with E-state index in [0.29, 0.717) is 11.1 Å². The van der Waals surface area contributed by atoms with Gasteiger partial charge in [-0.3, -0.25) is 19.7 Å². The second-order valence-electron chi connectivity index (χ2n) is 6.30. The molecule has 1 saturated carbocycles. The maximum atomic E-state index is 13.0. The van der Waals surface area contributed by atoms with Gasteiger partial charge in [-0.2, -0.15) is 0 Å². The van der Waals surface area contributed by atoms with Crippen molar-refractivity contribution in [3.05, 3.63) is 36.2 Å². The van der Waals surface area contributed by atoms with Gasteiger partial charge in [-0.15, -0.1) is 0 Å². The number of hydrogen-bond acceptors (Lipinski definition) is 4. The summed E-state index contributed by atoms with van der Waals surface area (Å²) in [5, 5.41) is 0. The highest BCUT2D eigenvalue weighted by molar-refractivity contribution is 6.04. The molecule has 0 N–H and O–H groups in total. The zero-order chi connectivity index (χ0) is 15.1. The Morgan fingerprint density at radius 2 is 2.00 bits per heavy atom. The predicted octanol–water partition coefficient (Wildman–Crippen LogP) is 1.94. The van der Waals surface area contributed by atoms with Crippen molar-refractivity contribution in [2.75, 3.05) is 19.6 Å². The fraction of sp³-hybridized carbons (Fsp3) is 0.471. The summed E-state index contributed by atoms with van der Waals surface area (Å²) in [6, 6.07) is 6.65. The molecule has 1 amide bonds. The summed E-state index contributed by atoms with van der Waals surface area (Å²) in [6.45, 7) is 4.90. The number of carbonyl (C=O) groups is 1. The lowest BCUT2D eigenvalue weighted by Gasteiger charge is -2.40. The molecule has 2 aromatic rings. The summed E-state index contributed by atoms with van der Waals surface area (Å²) in [7, 11) is 0. The number of para-hydroxylation sites is 1. The maximum absolute atomic E-state index is 13.0. The lowest BCUT2D eigenvalue weighted by molar-refractivity contribution is 0.0475. The molecule has 0 spiro atoms. The van der Waals surface area contributed by atoms with Crippen LogP contribution in [0.3, 0.4) is 0 Å². The molecule has 1 aromatic carbocycles. The molecule has 1 atom stereocenters. The highest BCUT2D eigenvalue weighted by atomic mass is 16.2. The zero-order valence-electron chi connectivity index (χ0n) is 12.8. The van der Waals surface area contributed by atoms with Crippen molar-refractivity contribution in [3.8, 4) is 0 Å². The van der Waals surface area contributed by atoms with Gasteiger partial charge in [0.2, 0.25) is 0 Å². The Morgan fingerprint density at radius 1 is 1.18 bits per heavy atom. The van der Waals surface area contributed by atoms with Crippen LogP contribution in [0, 0.1) is 0 Å². The minimum absolute atomic E-state index is 0.0778. The van der Waals surface area contributed by atoms with Crippen LogP contribution in [0.2, 0.25) is 0 Å². The van der Waals surface area contributed by atoms with Crippen LogP contribution < -0.4 is 0 Å². The quantitative estimate of drug-likeness (QED) is 0.850. The molecule has 5 nitrogen and oxygen atoms in total. The topological polar surface area (TPSA) is 49.3 Å². The average Bonchev–Trinajstić information content (AvgIpc) is 3.38. The second-order valence-corrected chi connectivity index (χ2v) is 6.30. The highest BCUT2D eigenvalue weighted by Gasteiger charge is 2.36. The van der Waals surface area contributed by atoms with Crippen molar-refractivity contribution >= 4 is 16.9 Å².